The number of urea groups is 1. The molecule has 1 saturated carbocycles. The maximum Gasteiger partial charge on any atom is 0.326 e. The van der Waals surface area contributed by atoms with Gasteiger partial charge in [-0.3, -0.25) is 10.3 Å². The molecule has 2 fully saturated rings. The molecule has 0 bridgehead atoms. The third-order valence-corrected chi connectivity index (χ3v) is 4.58. The van der Waals surface area contributed by atoms with Crippen LogP contribution in [0.2, 0.25) is 0 Å². The Hall–Kier alpha value is -2.50. The fourth-order valence-corrected chi connectivity index (χ4v) is 3.22. The summed E-state index contributed by atoms with van der Waals surface area (Å²) in [5.74, 6) is 0.805. The van der Waals surface area contributed by atoms with Gasteiger partial charge in [-0.1, -0.05) is 18.7 Å². The maximum atomic E-state index is 12.8. The Bertz CT molecular complexity index is 639. The van der Waals surface area contributed by atoms with Crippen LogP contribution >= 0.6 is 0 Å². The van der Waals surface area contributed by atoms with E-state index in [1.165, 1.54) is 6.20 Å². The molecule has 1 N–H and O–H groups in total. The third kappa shape index (κ3) is 2.76. The highest BCUT2D eigenvalue weighted by Crippen LogP contribution is 2.50. The van der Waals surface area contributed by atoms with Gasteiger partial charge in [0.2, 0.25) is 0 Å². The fourth-order valence-electron chi connectivity index (χ4n) is 3.22. The number of benzene rings is 1. The lowest BCUT2D eigenvalue weighted by Gasteiger charge is -2.30. The number of methoxy groups -OCH3 is 1. The van der Waals surface area contributed by atoms with Crippen LogP contribution in [0.15, 0.2) is 42.1 Å². The van der Waals surface area contributed by atoms with E-state index < -0.39 is 0 Å². The van der Waals surface area contributed by atoms with Crippen LogP contribution in [0.5, 0.6) is 5.75 Å². The molecule has 1 aliphatic heterocycles. The van der Waals surface area contributed by atoms with Crippen molar-refractivity contribution in [3.8, 4) is 5.75 Å². The van der Waals surface area contributed by atoms with Crippen molar-refractivity contribution in [2.75, 3.05) is 13.7 Å². The molecule has 1 unspecified atom stereocenters. The second-order valence-electron chi connectivity index (χ2n) is 6.04. The summed E-state index contributed by atoms with van der Waals surface area (Å²) < 4.78 is 5.30. The van der Waals surface area contributed by atoms with Gasteiger partial charge in [0.05, 0.1) is 25.2 Å². The van der Waals surface area contributed by atoms with E-state index in [1.54, 1.807) is 18.3 Å². The zero-order valence-corrected chi connectivity index (χ0v) is 13.5. The van der Waals surface area contributed by atoms with Crippen LogP contribution in [0.4, 0.5) is 4.79 Å². The number of hydrogen-bond acceptors (Lipinski definition) is 4. The molecule has 0 radical (unpaired) electrons. The zero-order chi connectivity index (χ0) is 16.4. The molecule has 1 aliphatic carbocycles. The van der Waals surface area contributed by atoms with Gasteiger partial charge in [-0.25, -0.2) is 4.79 Å². The lowest BCUT2D eigenvalue weighted by Crippen LogP contribution is -2.38. The Labute approximate surface area is 136 Å². The summed E-state index contributed by atoms with van der Waals surface area (Å²) in [4.78, 5) is 16.5. The minimum Gasteiger partial charge on any atom is -0.497 e. The smallest absolute Gasteiger partial charge is 0.326 e. The molecule has 6 nitrogen and oxygen atoms in total. The van der Waals surface area contributed by atoms with E-state index in [0.29, 0.717) is 6.54 Å². The predicted octanol–water partition coefficient (Wildman–Crippen LogP) is 2.70. The van der Waals surface area contributed by atoms with Gasteiger partial charge in [0.1, 0.15) is 12.1 Å². The molecule has 122 valence electrons. The molecule has 2 aliphatic rings. The van der Waals surface area contributed by atoms with E-state index >= 15 is 0 Å². The molecule has 1 heterocycles. The van der Waals surface area contributed by atoms with E-state index in [9.17, 15) is 4.79 Å². The van der Waals surface area contributed by atoms with Crippen molar-refractivity contribution in [3.63, 3.8) is 0 Å². The standard InChI is InChI=1S/C17H22N4O2/c1-4-18-19-12-20-11-17(8-9-17)21(16(20)22)13(2)14-6-5-7-15(10-14)23-3/h4-7,10,12-13,18H,1,8-9,11H2,2-3H3/b19-12-. The van der Waals surface area contributed by atoms with Crippen molar-refractivity contribution >= 4 is 12.4 Å². The molecule has 2 amide bonds. The molecule has 6 heteroatoms. The van der Waals surface area contributed by atoms with Gasteiger partial charge < -0.3 is 9.64 Å². The summed E-state index contributed by atoms with van der Waals surface area (Å²) in [5.41, 5.74) is 3.66. The first-order valence-corrected chi connectivity index (χ1v) is 7.75. The number of nitrogens with one attached hydrogen (secondary N) is 1. The number of rotatable bonds is 6. The van der Waals surface area contributed by atoms with Crippen molar-refractivity contribution in [2.24, 2.45) is 5.10 Å². The fraction of sp³-hybridized carbons (Fsp3) is 0.412. The van der Waals surface area contributed by atoms with Crippen LogP contribution in [-0.4, -0.2) is 41.4 Å². The number of carbonyl (C=O) groups excluding carboxylic acids is 1. The molecule has 1 saturated heterocycles. The Morgan fingerprint density at radius 1 is 1.48 bits per heavy atom. The van der Waals surface area contributed by atoms with Gasteiger partial charge in [0.25, 0.3) is 0 Å². The number of hydrazone groups is 1. The van der Waals surface area contributed by atoms with E-state index in [-0.39, 0.29) is 17.6 Å². The molecule has 23 heavy (non-hydrogen) atoms. The van der Waals surface area contributed by atoms with Crippen LogP contribution in [0.25, 0.3) is 0 Å². The quantitative estimate of drug-likeness (QED) is 0.499. The lowest BCUT2D eigenvalue weighted by atomic mass is 10.0. The summed E-state index contributed by atoms with van der Waals surface area (Å²) in [6.45, 7) is 6.28. The lowest BCUT2D eigenvalue weighted by molar-refractivity contribution is 0.170. The first-order valence-electron chi connectivity index (χ1n) is 7.75. The highest BCUT2D eigenvalue weighted by atomic mass is 16.5. The number of amides is 2. The number of carbonyl (C=O) groups is 1. The molecule has 3 rings (SSSR count). The third-order valence-electron chi connectivity index (χ3n) is 4.58. The van der Waals surface area contributed by atoms with Crippen molar-refractivity contribution in [1.82, 2.24) is 15.2 Å². The van der Waals surface area contributed by atoms with Gasteiger partial charge in [0.15, 0.2) is 0 Å². The minimum absolute atomic E-state index is 0.00701. The molecule has 0 aromatic heterocycles. The predicted molar refractivity (Wildman–Crippen MR) is 89.1 cm³/mol. The summed E-state index contributed by atoms with van der Waals surface area (Å²) >= 11 is 0. The zero-order valence-electron chi connectivity index (χ0n) is 13.5. The number of nitrogens with zero attached hydrogens (tertiary/aromatic N) is 3. The molecule has 1 aromatic rings. The second kappa shape index (κ2) is 5.95. The van der Waals surface area contributed by atoms with E-state index in [1.807, 2.05) is 29.2 Å². The minimum atomic E-state index is -0.0558. The summed E-state index contributed by atoms with van der Waals surface area (Å²) in [6.07, 6.45) is 5.08. The Kier molecular flexibility index (Phi) is 3.98. The van der Waals surface area contributed by atoms with Gasteiger partial charge >= 0.3 is 6.03 Å². The van der Waals surface area contributed by atoms with Gasteiger partial charge in [-0.15, -0.1) is 0 Å². The largest absolute Gasteiger partial charge is 0.497 e. The Morgan fingerprint density at radius 3 is 2.91 bits per heavy atom. The van der Waals surface area contributed by atoms with Crippen molar-refractivity contribution in [3.05, 3.63) is 42.6 Å². The van der Waals surface area contributed by atoms with Crippen LogP contribution in [0, 0.1) is 0 Å². The van der Waals surface area contributed by atoms with E-state index in [0.717, 1.165) is 24.2 Å². The van der Waals surface area contributed by atoms with Crippen molar-refractivity contribution in [1.29, 1.82) is 0 Å². The average Bonchev–Trinajstić information content (AvgIpc) is 3.28. The Balaban J connectivity index is 1.83. The maximum absolute atomic E-state index is 12.8. The average molecular weight is 314 g/mol. The molecular weight excluding hydrogens is 292 g/mol. The molecule has 1 atom stereocenters. The van der Waals surface area contributed by atoms with Crippen LogP contribution in [0.1, 0.15) is 31.4 Å². The molecular formula is C17H22N4O2. The summed E-state index contributed by atoms with van der Waals surface area (Å²) in [5, 5.41) is 3.97. The second-order valence-corrected chi connectivity index (χ2v) is 6.04. The number of hydrogen-bond donors (Lipinski definition) is 1. The highest BCUT2D eigenvalue weighted by molar-refractivity contribution is 5.90. The normalized spacial score (nSPS) is 20.2. The highest BCUT2D eigenvalue weighted by Gasteiger charge is 2.58. The van der Waals surface area contributed by atoms with E-state index in [4.69, 9.17) is 4.74 Å². The summed E-state index contributed by atoms with van der Waals surface area (Å²) in [6, 6.07) is 7.88. The molecule has 1 spiro atoms. The SMILES string of the molecule is C=CN/N=C\N1CC2(CC2)N(C(C)c2cccc(OC)c2)C1=O. The topological polar surface area (TPSA) is 57.2 Å². The first kappa shape index (κ1) is 15.4. The first-order chi connectivity index (χ1) is 11.1. The van der Waals surface area contributed by atoms with Crippen LogP contribution in [0.3, 0.4) is 0 Å². The van der Waals surface area contributed by atoms with Gasteiger partial charge in [-0.05, 0) is 37.5 Å². The molecule has 1 aromatic carbocycles. The monoisotopic (exact) mass is 314 g/mol. The van der Waals surface area contributed by atoms with Crippen LogP contribution < -0.4 is 10.2 Å². The number of ether oxygens (including phenoxy) is 1. The Morgan fingerprint density at radius 2 is 2.26 bits per heavy atom. The van der Waals surface area contributed by atoms with Crippen molar-refractivity contribution in [2.45, 2.75) is 31.3 Å². The van der Waals surface area contributed by atoms with Gasteiger partial charge in [0, 0.05) is 6.20 Å². The summed E-state index contributed by atoms with van der Waals surface area (Å²) in [7, 11) is 1.65. The van der Waals surface area contributed by atoms with Crippen molar-refractivity contribution < 1.29 is 9.53 Å². The van der Waals surface area contributed by atoms with Crippen LogP contribution in [-0.2, 0) is 0 Å². The van der Waals surface area contributed by atoms with E-state index in [2.05, 4.69) is 24.0 Å². The van der Waals surface area contributed by atoms with Gasteiger partial charge in [-0.2, -0.15) is 5.10 Å².